The summed E-state index contributed by atoms with van der Waals surface area (Å²) in [7, 11) is 1.58. The fourth-order valence-corrected chi connectivity index (χ4v) is 7.26. The standard InChI is InChI=1S/C48H48O7/c1-50-47-46(53-34-38-24-12-4-13-25-38)45(52-33-37-22-10-3-11-23-37)44(51-32-36-20-8-2-9-21-36)43(55-47)42(49)35-54-48(39-26-14-5-15-27-39,40-28-16-6-17-29-40)41-30-18-7-19-31-41/h2-31,42-47,49H,32-35H2,1H3/t42-,43-,44-,45+,46+,47+/m1/s1. The van der Waals surface area contributed by atoms with Gasteiger partial charge in [-0.1, -0.05) is 182 Å². The first-order chi connectivity index (χ1) is 27.2. The SMILES string of the molecule is CO[C@H]1O[C@H]([C@H](O)COC(c2ccccc2)(c2ccccc2)c2ccccc2)[C@@H](OCc2ccccc2)[C@H](OCc2ccccc2)[C@@H]1OCc1ccccc1. The number of aliphatic hydroxyl groups is 1. The zero-order chi connectivity index (χ0) is 37.7. The molecule has 1 aliphatic heterocycles. The summed E-state index contributed by atoms with van der Waals surface area (Å²) in [6, 6.07) is 60.1. The van der Waals surface area contributed by atoms with Gasteiger partial charge in [-0.2, -0.15) is 0 Å². The van der Waals surface area contributed by atoms with Crippen molar-refractivity contribution in [2.24, 2.45) is 0 Å². The van der Waals surface area contributed by atoms with Gasteiger partial charge in [0.15, 0.2) is 6.29 Å². The van der Waals surface area contributed by atoms with E-state index in [0.29, 0.717) is 6.61 Å². The molecule has 0 aliphatic carbocycles. The maximum atomic E-state index is 12.4. The predicted octanol–water partition coefficient (Wildman–Crippen LogP) is 8.48. The van der Waals surface area contributed by atoms with Gasteiger partial charge in [0.2, 0.25) is 0 Å². The molecule has 6 aromatic carbocycles. The lowest BCUT2D eigenvalue weighted by atomic mass is 9.80. The Labute approximate surface area is 324 Å². The Morgan fingerprint density at radius 2 is 0.836 bits per heavy atom. The molecule has 0 saturated carbocycles. The normalized spacial score (nSPS) is 20.5. The molecule has 0 bridgehead atoms. The van der Waals surface area contributed by atoms with Gasteiger partial charge in [0.1, 0.15) is 36.1 Å². The molecule has 1 fully saturated rings. The Kier molecular flexibility index (Phi) is 13.3. The summed E-state index contributed by atoms with van der Waals surface area (Å²) in [5.74, 6) is 0. The van der Waals surface area contributed by atoms with E-state index in [1.807, 2.05) is 146 Å². The van der Waals surface area contributed by atoms with Crippen LogP contribution in [0.25, 0.3) is 0 Å². The van der Waals surface area contributed by atoms with E-state index < -0.39 is 42.4 Å². The van der Waals surface area contributed by atoms with Crippen molar-refractivity contribution in [3.05, 3.63) is 215 Å². The molecule has 0 amide bonds. The van der Waals surface area contributed by atoms with Crippen LogP contribution in [-0.4, -0.2) is 55.6 Å². The van der Waals surface area contributed by atoms with Crippen LogP contribution in [0.15, 0.2) is 182 Å². The van der Waals surface area contributed by atoms with Crippen molar-refractivity contribution in [2.75, 3.05) is 13.7 Å². The number of rotatable bonds is 17. The average Bonchev–Trinajstić information content (AvgIpc) is 3.26. The van der Waals surface area contributed by atoms with E-state index in [1.165, 1.54) is 0 Å². The van der Waals surface area contributed by atoms with Crippen molar-refractivity contribution in [3.8, 4) is 0 Å². The predicted molar refractivity (Wildman–Crippen MR) is 212 cm³/mol. The van der Waals surface area contributed by atoms with Gasteiger partial charge in [-0.3, -0.25) is 0 Å². The van der Waals surface area contributed by atoms with Crippen LogP contribution in [-0.2, 0) is 53.8 Å². The lowest BCUT2D eigenvalue weighted by molar-refractivity contribution is -0.331. The highest BCUT2D eigenvalue weighted by molar-refractivity contribution is 5.47. The maximum Gasteiger partial charge on any atom is 0.186 e. The Balaban J connectivity index is 1.24. The molecule has 0 unspecified atom stereocenters. The van der Waals surface area contributed by atoms with Crippen LogP contribution in [0.1, 0.15) is 33.4 Å². The zero-order valence-corrected chi connectivity index (χ0v) is 31.0. The molecule has 55 heavy (non-hydrogen) atoms. The second-order valence-electron chi connectivity index (χ2n) is 13.6. The monoisotopic (exact) mass is 736 g/mol. The van der Waals surface area contributed by atoms with E-state index in [4.69, 9.17) is 28.4 Å². The molecule has 1 heterocycles. The first-order valence-corrected chi connectivity index (χ1v) is 18.8. The van der Waals surface area contributed by atoms with Crippen LogP contribution in [0.5, 0.6) is 0 Å². The van der Waals surface area contributed by atoms with Crippen molar-refractivity contribution in [3.63, 3.8) is 0 Å². The van der Waals surface area contributed by atoms with Gasteiger partial charge in [0.05, 0.1) is 26.4 Å². The molecular weight excluding hydrogens is 689 g/mol. The highest BCUT2D eigenvalue weighted by Gasteiger charge is 2.51. The summed E-state index contributed by atoms with van der Waals surface area (Å²) in [4.78, 5) is 0. The van der Waals surface area contributed by atoms with Gasteiger partial charge < -0.3 is 33.5 Å². The highest BCUT2D eigenvalue weighted by Crippen LogP contribution is 2.41. The number of hydrogen-bond acceptors (Lipinski definition) is 7. The van der Waals surface area contributed by atoms with Crippen molar-refractivity contribution < 1.29 is 33.5 Å². The van der Waals surface area contributed by atoms with Crippen LogP contribution in [0.2, 0.25) is 0 Å². The second kappa shape index (κ2) is 19.1. The Bertz CT molecular complexity index is 1870. The minimum Gasteiger partial charge on any atom is -0.388 e. The molecule has 0 spiro atoms. The van der Waals surface area contributed by atoms with Gasteiger partial charge in [-0.15, -0.1) is 0 Å². The third-order valence-corrected chi connectivity index (χ3v) is 10.0. The molecule has 7 nitrogen and oxygen atoms in total. The van der Waals surface area contributed by atoms with Gasteiger partial charge in [0.25, 0.3) is 0 Å². The minimum absolute atomic E-state index is 0.105. The van der Waals surface area contributed by atoms with E-state index in [9.17, 15) is 5.11 Å². The van der Waals surface area contributed by atoms with Crippen LogP contribution in [0.3, 0.4) is 0 Å². The van der Waals surface area contributed by atoms with Gasteiger partial charge in [0, 0.05) is 7.11 Å². The highest BCUT2D eigenvalue weighted by atomic mass is 16.7. The maximum absolute atomic E-state index is 12.4. The summed E-state index contributed by atoms with van der Waals surface area (Å²) < 4.78 is 39.9. The summed E-state index contributed by atoms with van der Waals surface area (Å²) in [6.07, 6.45) is -5.17. The molecule has 7 rings (SSSR count). The summed E-state index contributed by atoms with van der Waals surface area (Å²) in [5.41, 5.74) is 4.68. The smallest absolute Gasteiger partial charge is 0.186 e. The van der Waals surface area contributed by atoms with Crippen molar-refractivity contribution in [1.82, 2.24) is 0 Å². The number of aliphatic hydroxyl groups excluding tert-OH is 1. The Hall–Kier alpha value is -4.96. The molecule has 6 aromatic rings. The molecule has 1 saturated heterocycles. The van der Waals surface area contributed by atoms with Crippen LogP contribution in [0.4, 0.5) is 0 Å². The number of benzene rings is 6. The molecule has 282 valence electrons. The number of hydrogen-bond donors (Lipinski definition) is 1. The van der Waals surface area contributed by atoms with Crippen LogP contribution >= 0.6 is 0 Å². The summed E-state index contributed by atoms with van der Waals surface area (Å²) in [5, 5.41) is 12.4. The average molecular weight is 737 g/mol. The molecule has 1 aliphatic rings. The lowest BCUT2D eigenvalue weighted by Gasteiger charge is -2.47. The van der Waals surface area contributed by atoms with Gasteiger partial charge >= 0.3 is 0 Å². The third-order valence-electron chi connectivity index (χ3n) is 10.0. The molecule has 6 atom stereocenters. The van der Waals surface area contributed by atoms with Gasteiger partial charge in [-0.05, 0) is 33.4 Å². The summed E-state index contributed by atoms with van der Waals surface area (Å²) >= 11 is 0. The van der Waals surface area contributed by atoms with Crippen molar-refractivity contribution >= 4 is 0 Å². The Morgan fingerprint density at radius 1 is 0.491 bits per heavy atom. The van der Waals surface area contributed by atoms with Gasteiger partial charge in [-0.25, -0.2) is 0 Å². The van der Waals surface area contributed by atoms with Crippen LogP contribution < -0.4 is 0 Å². The first kappa shape index (κ1) is 38.3. The minimum atomic E-state index is -1.17. The second-order valence-corrected chi connectivity index (χ2v) is 13.6. The third kappa shape index (κ3) is 9.30. The van der Waals surface area contributed by atoms with Crippen molar-refractivity contribution in [1.29, 1.82) is 0 Å². The topological polar surface area (TPSA) is 75.6 Å². The Morgan fingerprint density at radius 3 is 1.22 bits per heavy atom. The molecule has 7 heteroatoms. The van der Waals surface area contributed by atoms with E-state index in [1.54, 1.807) is 7.11 Å². The quantitative estimate of drug-likeness (QED) is 0.0942. The largest absolute Gasteiger partial charge is 0.388 e. The van der Waals surface area contributed by atoms with Crippen molar-refractivity contribution in [2.45, 2.75) is 62.2 Å². The van der Waals surface area contributed by atoms with E-state index in [-0.39, 0.29) is 19.8 Å². The van der Waals surface area contributed by atoms with E-state index >= 15 is 0 Å². The van der Waals surface area contributed by atoms with E-state index in [0.717, 1.165) is 33.4 Å². The molecule has 0 radical (unpaired) electrons. The molecule has 0 aromatic heterocycles. The number of methoxy groups -OCH3 is 1. The molecule has 1 N–H and O–H groups in total. The number of ether oxygens (including phenoxy) is 6. The lowest BCUT2D eigenvalue weighted by Crippen LogP contribution is -2.64. The summed E-state index contributed by atoms with van der Waals surface area (Å²) in [6.45, 7) is 0.743. The fourth-order valence-electron chi connectivity index (χ4n) is 7.26. The first-order valence-electron chi connectivity index (χ1n) is 18.8. The van der Waals surface area contributed by atoms with E-state index in [2.05, 4.69) is 36.4 Å². The zero-order valence-electron chi connectivity index (χ0n) is 31.0. The van der Waals surface area contributed by atoms with Crippen LogP contribution in [0, 0.1) is 0 Å². The molecular formula is C48H48O7. The fraction of sp³-hybridized carbons (Fsp3) is 0.250.